The zero-order valence-corrected chi connectivity index (χ0v) is 9.41. The molecule has 1 aromatic carbocycles. The van der Waals surface area contributed by atoms with Crippen LogP contribution in [0.5, 0.6) is 0 Å². The molecule has 0 spiro atoms. The standard InChI is InChI=1S/C11H16FN3O2/c12-9-2-1-3-10(8-9)15-11(16)14-5-7-17-6-4-13/h1-3,8H,4-7,13H2,(H2,14,15,16). The first-order valence-electron chi connectivity index (χ1n) is 5.30. The number of hydrogen-bond acceptors (Lipinski definition) is 3. The fraction of sp³-hybridized carbons (Fsp3) is 0.364. The maximum Gasteiger partial charge on any atom is 0.319 e. The van der Waals surface area contributed by atoms with Gasteiger partial charge in [0, 0.05) is 18.8 Å². The van der Waals surface area contributed by atoms with E-state index in [9.17, 15) is 9.18 Å². The van der Waals surface area contributed by atoms with Gasteiger partial charge in [-0.15, -0.1) is 0 Å². The monoisotopic (exact) mass is 241 g/mol. The Balaban J connectivity index is 2.21. The minimum Gasteiger partial charge on any atom is -0.378 e. The van der Waals surface area contributed by atoms with Crippen molar-refractivity contribution < 1.29 is 13.9 Å². The second kappa shape index (κ2) is 7.59. The van der Waals surface area contributed by atoms with Crippen LogP contribution in [0.3, 0.4) is 0 Å². The fourth-order valence-electron chi connectivity index (χ4n) is 1.16. The van der Waals surface area contributed by atoms with Gasteiger partial charge in [-0.05, 0) is 18.2 Å². The molecule has 5 nitrogen and oxygen atoms in total. The molecule has 4 N–H and O–H groups in total. The lowest BCUT2D eigenvalue weighted by atomic mass is 10.3. The summed E-state index contributed by atoms with van der Waals surface area (Å²) in [5.41, 5.74) is 5.63. The molecule has 0 aliphatic heterocycles. The quantitative estimate of drug-likeness (QED) is 0.648. The number of amides is 2. The average Bonchev–Trinajstić information content (AvgIpc) is 2.29. The first-order chi connectivity index (χ1) is 8.22. The van der Waals surface area contributed by atoms with Crippen LogP contribution < -0.4 is 16.4 Å². The lowest BCUT2D eigenvalue weighted by Crippen LogP contribution is -2.31. The normalized spacial score (nSPS) is 10.0. The van der Waals surface area contributed by atoms with E-state index in [1.54, 1.807) is 6.07 Å². The molecule has 0 saturated carbocycles. The maximum atomic E-state index is 12.8. The van der Waals surface area contributed by atoms with Crippen molar-refractivity contribution in [3.8, 4) is 0 Å². The molecule has 0 aliphatic carbocycles. The number of hydrogen-bond donors (Lipinski definition) is 3. The van der Waals surface area contributed by atoms with Crippen LogP contribution in [0.2, 0.25) is 0 Å². The van der Waals surface area contributed by atoms with Gasteiger partial charge in [-0.25, -0.2) is 9.18 Å². The molecule has 1 rings (SSSR count). The average molecular weight is 241 g/mol. The van der Waals surface area contributed by atoms with Crippen LogP contribution in [-0.2, 0) is 4.74 Å². The highest BCUT2D eigenvalue weighted by atomic mass is 19.1. The van der Waals surface area contributed by atoms with Crippen LogP contribution in [0, 0.1) is 5.82 Å². The highest BCUT2D eigenvalue weighted by Gasteiger charge is 2.01. The van der Waals surface area contributed by atoms with Crippen molar-refractivity contribution in [2.45, 2.75) is 0 Å². The van der Waals surface area contributed by atoms with Gasteiger partial charge in [0.2, 0.25) is 0 Å². The Labute approximate surface area is 99.1 Å². The molecule has 0 fully saturated rings. The van der Waals surface area contributed by atoms with Crippen molar-refractivity contribution in [2.24, 2.45) is 5.73 Å². The summed E-state index contributed by atoms with van der Waals surface area (Å²) >= 11 is 0. The topological polar surface area (TPSA) is 76.4 Å². The smallest absolute Gasteiger partial charge is 0.319 e. The summed E-state index contributed by atoms with van der Waals surface area (Å²) in [5.74, 6) is -0.394. The summed E-state index contributed by atoms with van der Waals surface area (Å²) in [6, 6.07) is 5.28. The summed E-state index contributed by atoms with van der Waals surface area (Å²) in [6.07, 6.45) is 0. The van der Waals surface area contributed by atoms with Crippen LogP contribution in [0.4, 0.5) is 14.9 Å². The Hall–Kier alpha value is -1.66. The summed E-state index contributed by atoms with van der Waals surface area (Å²) in [6.45, 7) is 1.69. The van der Waals surface area contributed by atoms with E-state index in [2.05, 4.69) is 10.6 Å². The van der Waals surface area contributed by atoms with Gasteiger partial charge in [-0.1, -0.05) is 6.07 Å². The molecule has 2 amide bonds. The molecule has 0 heterocycles. The highest BCUT2D eigenvalue weighted by molar-refractivity contribution is 5.89. The van der Waals surface area contributed by atoms with Crippen molar-refractivity contribution >= 4 is 11.7 Å². The molecule has 94 valence electrons. The van der Waals surface area contributed by atoms with Crippen LogP contribution in [-0.4, -0.2) is 32.3 Å². The van der Waals surface area contributed by atoms with Crippen molar-refractivity contribution in [2.75, 3.05) is 31.6 Å². The van der Waals surface area contributed by atoms with Gasteiger partial charge in [0.25, 0.3) is 0 Å². The Kier molecular flexibility index (Phi) is 5.98. The van der Waals surface area contributed by atoms with Crippen LogP contribution in [0.1, 0.15) is 0 Å². The van der Waals surface area contributed by atoms with Gasteiger partial charge in [0.15, 0.2) is 0 Å². The summed E-state index contributed by atoms with van der Waals surface area (Å²) in [5, 5.41) is 5.07. The third-order valence-corrected chi connectivity index (χ3v) is 1.88. The van der Waals surface area contributed by atoms with E-state index in [1.807, 2.05) is 0 Å². The largest absolute Gasteiger partial charge is 0.378 e. The van der Waals surface area contributed by atoms with Crippen LogP contribution in [0.15, 0.2) is 24.3 Å². The Morgan fingerprint density at radius 1 is 1.41 bits per heavy atom. The lowest BCUT2D eigenvalue weighted by Gasteiger charge is -2.07. The number of carbonyl (C=O) groups excluding carboxylic acids is 1. The number of anilines is 1. The van der Waals surface area contributed by atoms with Crippen molar-refractivity contribution in [1.29, 1.82) is 0 Å². The van der Waals surface area contributed by atoms with Crippen LogP contribution >= 0.6 is 0 Å². The SMILES string of the molecule is NCCOCCNC(=O)Nc1cccc(F)c1. The van der Waals surface area contributed by atoms with Crippen LogP contribution in [0.25, 0.3) is 0 Å². The summed E-state index contributed by atoms with van der Waals surface area (Å²) in [4.78, 5) is 11.3. The van der Waals surface area contributed by atoms with E-state index in [0.29, 0.717) is 32.0 Å². The van der Waals surface area contributed by atoms with Crippen molar-refractivity contribution in [1.82, 2.24) is 5.32 Å². The zero-order valence-electron chi connectivity index (χ0n) is 9.41. The highest BCUT2D eigenvalue weighted by Crippen LogP contribution is 2.08. The van der Waals surface area contributed by atoms with E-state index in [-0.39, 0.29) is 0 Å². The Morgan fingerprint density at radius 3 is 2.94 bits per heavy atom. The van der Waals surface area contributed by atoms with Gasteiger partial charge >= 0.3 is 6.03 Å². The number of nitrogens with one attached hydrogen (secondary N) is 2. The molecular formula is C11H16FN3O2. The molecule has 0 radical (unpaired) electrons. The second-order valence-corrected chi connectivity index (χ2v) is 3.29. The molecule has 6 heteroatoms. The number of benzene rings is 1. The lowest BCUT2D eigenvalue weighted by molar-refractivity contribution is 0.144. The van der Waals surface area contributed by atoms with Gasteiger partial charge in [0.05, 0.1) is 13.2 Å². The summed E-state index contributed by atoms with van der Waals surface area (Å²) < 4.78 is 17.9. The number of urea groups is 1. The van der Waals surface area contributed by atoms with Gasteiger partial charge < -0.3 is 21.1 Å². The number of ether oxygens (including phenoxy) is 1. The van der Waals surface area contributed by atoms with E-state index in [0.717, 1.165) is 0 Å². The number of halogens is 1. The molecule has 0 aromatic heterocycles. The molecule has 0 bridgehead atoms. The predicted octanol–water partition coefficient (Wildman–Crippen LogP) is 0.923. The number of nitrogens with two attached hydrogens (primary N) is 1. The molecule has 0 unspecified atom stereocenters. The van der Waals surface area contributed by atoms with Crippen molar-refractivity contribution in [3.05, 3.63) is 30.1 Å². The third-order valence-electron chi connectivity index (χ3n) is 1.88. The minimum absolute atomic E-state index is 0.376. The molecule has 0 aliphatic rings. The summed E-state index contributed by atoms with van der Waals surface area (Å²) in [7, 11) is 0. The van der Waals surface area contributed by atoms with Gasteiger partial charge in [0.1, 0.15) is 5.82 Å². The van der Waals surface area contributed by atoms with E-state index < -0.39 is 11.8 Å². The second-order valence-electron chi connectivity index (χ2n) is 3.29. The van der Waals surface area contributed by atoms with E-state index in [4.69, 9.17) is 10.5 Å². The van der Waals surface area contributed by atoms with E-state index >= 15 is 0 Å². The van der Waals surface area contributed by atoms with Crippen molar-refractivity contribution in [3.63, 3.8) is 0 Å². The first-order valence-corrected chi connectivity index (χ1v) is 5.30. The molecule has 17 heavy (non-hydrogen) atoms. The zero-order chi connectivity index (χ0) is 12.5. The number of carbonyl (C=O) groups is 1. The van der Waals surface area contributed by atoms with Gasteiger partial charge in [-0.3, -0.25) is 0 Å². The predicted molar refractivity (Wildman–Crippen MR) is 63.3 cm³/mol. The molecule has 0 saturated heterocycles. The molecular weight excluding hydrogens is 225 g/mol. The Morgan fingerprint density at radius 2 is 2.24 bits per heavy atom. The fourth-order valence-corrected chi connectivity index (χ4v) is 1.16. The molecule has 0 atom stereocenters. The first kappa shape index (κ1) is 13.4. The third kappa shape index (κ3) is 5.84. The van der Waals surface area contributed by atoms with Gasteiger partial charge in [-0.2, -0.15) is 0 Å². The Bertz CT molecular complexity index is 360. The van der Waals surface area contributed by atoms with E-state index in [1.165, 1.54) is 18.2 Å². The maximum absolute atomic E-state index is 12.8. The minimum atomic E-state index is -0.396. The number of rotatable bonds is 6. The molecule has 1 aromatic rings.